The SMILES string of the molecule is C=CC(=O)C[C@H]1COC[C@H]1Nc1cc2c(N3CC4(CCCC4)C3)nc(-c3c(Cl)c(OC)cc(OC)c3Cl)cc2cn1. The number of allylic oxidation sites excluding steroid dienone is 1. The number of carbonyl (C=O) groups is 1. The molecule has 0 bridgehead atoms. The number of hydrogen-bond acceptors (Lipinski definition) is 8. The quantitative estimate of drug-likeness (QED) is 0.277. The first-order valence-electron chi connectivity index (χ1n) is 14.0. The molecule has 0 amide bonds. The van der Waals surface area contributed by atoms with E-state index in [0.717, 1.165) is 35.5 Å². The molecule has 2 saturated heterocycles. The standard InChI is InChI=1S/C31H34Cl2N4O4/c1-4-20(38)9-19-14-41-15-23(19)35-26-11-21-18(13-34-26)10-22(27-28(32)24(39-2)12-25(40-3)29(27)33)36-30(21)37-16-31(17-37)7-5-6-8-31/h4,10-13,19,23H,1,5-9,14-17H2,2-3H3,(H,34,35)/t19-,23+/m0/s1. The fraction of sp³-hybridized carbons (Fsp3) is 0.452. The summed E-state index contributed by atoms with van der Waals surface area (Å²) in [6.45, 7) is 6.59. The summed E-state index contributed by atoms with van der Waals surface area (Å²) < 4.78 is 16.7. The number of anilines is 2. The number of carbonyl (C=O) groups excluding carboxylic acids is 1. The van der Waals surface area contributed by atoms with Gasteiger partial charge in [-0.1, -0.05) is 42.6 Å². The second kappa shape index (κ2) is 11.3. The minimum atomic E-state index is -0.0211. The van der Waals surface area contributed by atoms with E-state index < -0.39 is 0 Å². The molecule has 216 valence electrons. The average molecular weight is 598 g/mol. The van der Waals surface area contributed by atoms with E-state index in [4.69, 9.17) is 47.4 Å². The maximum absolute atomic E-state index is 12.0. The Morgan fingerprint density at radius 1 is 1.15 bits per heavy atom. The van der Waals surface area contributed by atoms with Gasteiger partial charge in [-0.25, -0.2) is 9.97 Å². The molecule has 2 aromatic heterocycles. The van der Waals surface area contributed by atoms with Crippen LogP contribution in [0.5, 0.6) is 11.5 Å². The van der Waals surface area contributed by atoms with Crippen molar-refractivity contribution < 1.29 is 19.0 Å². The van der Waals surface area contributed by atoms with Gasteiger partial charge in [-0.05, 0) is 31.1 Å². The van der Waals surface area contributed by atoms with Crippen LogP contribution in [0, 0.1) is 11.3 Å². The maximum atomic E-state index is 12.0. The Morgan fingerprint density at radius 3 is 2.51 bits per heavy atom. The highest BCUT2D eigenvalue weighted by atomic mass is 35.5. The van der Waals surface area contributed by atoms with Crippen molar-refractivity contribution >= 4 is 51.4 Å². The van der Waals surface area contributed by atoms with Gasteiger partial charge < -0.3 is 24.4 Å². The molecule has 2 atom stereocenters. The van der Waals surface area contributed by atoms with E-state index in [1.54, 1.807) is 20.3 Å². The highest BCUT2D eigenvalue weighted by molar-refractivity contribution is 6.41. The van der Waals surface area contributed by atoms with Crippen molar-refractivity contribution in [3.63, 3.8) is 0 Å². The van der Waals surface area contributed by atoms with E-state index in [1.165, 1.54) is 31.8 Å². The Hall–Kier alpha value is -3.07. The van der Waals surface area contributed by atoms with Crippen molar-refractivity contribution in [3.05, 3.63) is 47.1 Å². The monoisotopic (exact) mass is 596 g/mol. The molecule has 1 aliphatic carbocycles. The van der Waals surface area contributed by atoms with Crippen LogP contribution in [0.15, 0.2) is 37.1 Å². The topological polar surface area (TPSA) is 85.8 Å². The summed E-state index contributed by atoms with van der Waals surface area (Å²) in [6.07, 6.45) is 8.70. The van der Waals surface area contributed by atoms with Crippen molar-refractivity contribution in [3.8, 4) is 22.8 Å². The molecule has 41 heavy (non-hydrogen) atoms. The smallest absolute Gasteiger partial charge is 0.155 e. The van der Waals surface area contributed by atoms with Gasteiger partial charge in [0, 0.05) is 59.4 Å². The lowest BCUT2D eigenvalue weighted by Crippen LogP contribution is -2.55. The number of benzene rings is 1. The summed E-state index contributed by atoms with van der Waals surface area (Å²) in [4.78, 5) is 24.3. The van der Waals surface area contributed by atoms with Gasteiger partial charge in [-0.2, -0.15) is 0 Å². The number of ether oxygens (including phenoxy) is 3. The minimum absolute atomic E-state index is 0.0166. The Labute approximate surface area is 250 Å². The van der Waals surface area contributed by atoms with Gasteiger partial charge in [0.25, 0.3) is 0 Å². The van der Waals surface area contributed by atoms with E-state index in [9.17, 15) is 4.79 Å². The van der Waals surface area contributed by atoms with E-state index in [2.05, 4.69) is 16.8 Å². The summed E-state index contributed by atoms with van der Waals surface area (Å²) in [5.74, 6) is 2.58. The van der Waals surface area contributed by atoms with Crippen LogP contribution in [-0.4, -0.2) is 62.3 Å². The highest BCUT2D eigenvalue weighted by Gasteiger charge is 2.45. The van der Waals surface area contributed by atoms with E-state index in [0.29, 0.717) is 57.9 Å². The van der Waals surface area contributed by atoms with Crippen LogP contribution in [0.25, 0.3) is 22.0 Å². The predicted octanol–water partition coefficient (Wildman–Crippen LogP) is 6.57. The predicted molar refractivity (Wildman–Crippen MR) is 163 cm³/mol. The van der Waals surface area contributed by atoms with E-state index in [-0.39, 0.29) is 17.7 Å². The molecular formula is C31H34Cl2N4O4. The zero-order chi connectivity index (χ0) is 28.7. The normalized spacial score (nSPS) is 21.2. The third-order valence-corrected chi connectivity index (χ3v) is 9.51. The molecule has 3 fully saturated rings. The third kappa shape index (κ3) is 5.22. The molecule has 0 unspecified atom stereocenters. The van der Waals surface area contributed by atoms with Crippen LogP contribution in [0.4, 0.5) is 11.6 Å². The van der Waals surface area contributed by atoms with Crippen LogP contribution < -0.4 is 19.7 Å². The van der Waals surface area contributed by atoms with Crippen LogP contribution in [0.3, 0.4) is 0 Å². The number of rotatable bonds is 9. The fourth-order valence-electron chi connectivity index (χ4n) is 6.53. The molecule has 0 radical (unpaired) electrons. The summed E-state index contributed by atoms with van der Waals surface area (Å²) in [5.41, 5.74) is 1.56. The van der Waals surface area contributed by atoms with Crippen LogP contribution in [0.1, 0.15) is 32.1 Å². The number of pyridine rings is 2. The molecule has 3 aromatic rings. The molecule has 2 aliphatic heterocycles. The van der Waals surface area contributed by atoms with Crippen molar-refractivity contribution in [1.82, 2.24) is 9.97 Å². The van der Waals surface area contributed by atoms with E-state index in [1.807, 2.05) is 18.3 Å². The summed E-state index contributed by atoms with van der Waals surface area (Å²) in [6, 6.07) is 5.66. The number of fused-ring (bicyclic) bond motifs is 1. The molecule has 4 heterocycles. The molecule has 6 rings (SSSR count). The summed E-state index contributed by atoms with van der Waals surface area (Å²) >= 11 is 13.6. The van der Waals surface area contributed by atoms with Crippen LogP contribution in [-0.2, 0) is 9.53 Å². The lowest BCUT2D eigenvalue weighted by molar-refractivity contribution is -0.115. The zero-order valence-corrected chi connectivity index (χ0v) is 24.9. The first-order chi connectivity index (χ1) is 19.8. The largest absolute Gasteiger partial charge is 0.495 e. The lowest BCUT2D eigenvalue weighted by Gasteiger charge is -2.49. The fourth-order valence-corrected chi connectivity index (χ4v) is 7.23. The number of hydrogen-bond donors (Lipinski definition) is 1. The second-order valence-electron chi connectivity index (χ2n) is 11.4. The number of nitrogens with one attached hydrogen (secondary N) is 1. The molecule has 3 aliphatic rings. The molecule has 1 saturated carbocycles. The second-order valence-corrected chi connectivity index (χ2v) is 12.1. The molecule has 8 nitrogen and oxygen atoms in total. The van der Waals surface area contributed by atoms with Gasteiger partial charge in [0.2, 0.25) is 0 Å². The zero-order valence-electron chi connectivity index (χ0n) is 23.3. The first kappa shape index (κ1) is 28.1. The third-order valence-electron chi connectivity index (χ3n) is 8.76. The molecule has 10 heteroatoms. The minimum Gasteiger partial charge on any atom is -0.495 e. The van der Waals surface area contributed by atoms with Crippen molar-refractivity contribution in [1.29, 1.82) is 0 Å². The molecular weight excluding hydrogens is 563 g/mol. The van der Waals surface area contributed by atoms with Crippen molar-refractivity contribution in [2.24, 2.45) is 11.3 Å². The lowest BCUT2D eigenvalue weighted by atomic mass is 9.78. The van der Waals surface area contributed by atoms with Crippen molar-refractivity contribution in [2.75, 3.05) is 50.7 Å². The number of nitrogens with zero attached hydrogens (tertiary/aromatic N) is 3. The van der Waals surface area contributed by atoms with Gasteiger partial charge in [-0.3, -0.25) is 4.79 Å². The summed E-state index contributed by atoms with van der Waals surface area (Å²) in [5, 5.41) is 6.16. The van der Waals surface area contributed by atoms with Gasteiger partial charge in [-0.15, -0.1) is 0 Å². The van der Waals surface area contributed by atoms with E-state index >= 15 is 0 Å². The molecule has 1 aromatic carbocycles. The van der Waals surface area contributed by atoms with Crippen molar-refractivity contribution in [2.45, 2.75) is 38.1 Å². The van der Waals surface area contributed by atoms with Gasteiger partial charge >= 0.3 is 0 Å². The maximum Gasteiger partial charge on any atom is 0.155 e. The summed E-state index contributed by atoms with van der Waals surface area (Å²) in [7, 11) is 3.12. The Bertz CT molecular complexity index is 1470. The highest BCUT2D eigenvalue weighted by Crippen LogP contribution is 2.50. The van der Waals surface area contributed by atoms with Gasteiger partial charge in [0.05, 0.1) is 49.2 Å². The average Bonchev–Trinajstić information content (AvgIpc) is 3.62. The van der Waals surface area contributed by atoms with Gasteiger partial charge in [0.15, 0.2) is 5.78 Å². The first-order valence-corrected chi connectivity index (χ1v) is 14.8. The molecule has 1 N–H and O–H groups in total. The number of methoxy groups -OCH3 is 2. The Morgan fingerprint density at radius 2 is 1.85 bits per heavy atom. The van der Waals surface area contributed by atoms with Gasteiger partial charge in [0.1, 0.15) is 23.1 Å². The Kier molecular flexibility index (Phi) is 7.74. The number of aromatic nitrogens is 2. The van der Waals surface area contributed by atoms with Crippen LogP contribution >= 0.6 is 23.2 Å². The Balaban J connectivity index is 1.41. The van der Waals surface area contributed by atoms with Crippen LogP contribution in [0.2, 0.25) is 10.0 Å². The number of halogens is 2. The number of ketones is 1. The molecule has 1 spiro atoms.